The number of halogens is 3. The predicted molar refractivity (Wildman–Crippen MR) is 100 cm³/mol. The Morgan fingerprint density at radius 2 is 2.10 bits per heavy atom. The van der Waals surface area contributed by atoms with Crippen molar-refractivity contribution in [2.45, 2.75) is 32.0 Å². The molecule has 2 atom stereocenters. The Kier molecular flexibility index (Phi) is 4.99. The highest BCUT2D eigenvalue weighted by Gasteiger charge is 2.43. The van der Waals surface area contributed by atoms with Gasteiger partial charge < -0.3 is 10.1 Å². The van der Waals surface area contributed by atoms with Crippen LogP contribution in [0.1, 0.15) is 18.4 Å². The molecule has 1 aliphatic heterocycles. The van der Waals surface area contributed by atoms with Crippen LogP contribution < -0.4 is 5.32 Å². The minimum Gasteiger partial charge on any atom is -0.368 e. The first-order chi connectivity index (χ1) is 13.8. The first-order valence-electron chi connectivity index (χ1n) is 9.22. The second-order valence-electron chi connectivity index (χ2n) is 7.12. The predicted octanol–water partition coefficient (Wildman–Crippen LogP) is 4.00. The van der Waals surface area contributed by atoms with Crippen LogP contribution in [0.4, 0.5) is 18.9 Å². The normalized spacial score (nSPS) is 20.0. The largest absolute Gasteiger partial charge is 0.414 e. The van der Waals surface area contributed by atoms with Crippen LogP contribution >= 0.6 is 0 Å². The number of anilines is 1. The van der Waals surface area contributed by atoms with E-state index in [2.05, 4.69) is 15.4 Å². The van der Waals surface area contributed by atoms with Gasteiger partial charge in [0.2, 0.25) is 5.91 Å². The number of benzene rings is 1. The van der Waals surface area contributed by atoms with Crippen LogP contribution in [-0.4, -0.2) is 39.4 Å². The number of ether oxygens (including phenoxy) is 1. The molecule has 0 bridgehead atoms. The number of nitrogens with one attached hydrogen (secondary N) is 1. The number of carbonyl (C=O) groups excluding carboxylic acids is 1. The van der Waals surface area contributed by atoms with Crippen molar-refractivity contribution in [1.82, 2.24) is 14.6 Å². The van der Waals surface area contributed by atoms with Gasteiger partial charge in [-0.3, -0.25) is 4.79 Å². The van der Waals surface area contributed by atoms with Crippen molar-refractivity contribution in [2.75, 3.05) is 11.9 Å². The molecule has 1 aromatic carbocycles. The summed E-state index contributed by atoms with van der Waals surface area (Å²) in [6, 6.07) is 9.11. The van der Waals surface area contributed by atoms with Crippen molar-refractivity contribution in [3.05, 3.63) is 48.3 Å². The zero-order valence-corrected chi connectivity index (χ0v) is 15.6. The molecule has 1 aliphatic rings. The van der Waals surface area contributed by atoms with Gasteiger partial charge in [-0.25, -0.2) is 9.50 Å². The number of rotatable bonds is 3. The molecule has 29 heavy (non-hydrogen) atoms. The summed E-state index contributed by atoms with van der Waals surface area (Å²) >= 11 is 0. The number of hydrogen-bond acceptors (Lipinski definition) is 4. The maximum absolute atomic E-state index is 12.7. The lowest BCUT2D eigenvalue weighted by Crippen LogP contribution is -2.40. The van der Waals surface area contributed by atoms with E-state index in [4.69, 9.17) is 4.74 Å². The van der Waals surface area contributed by atoms with E-state index in [1.807, 2.05) is 31.3 Å². The summed E-state index contributed by atoms with van der Waals surface area (Å²) in [4.78, 5) is 16.9. The van der Waals surface area contributed by atoms with Crippen LogP contribution in [0.5, 0.6) is 0 Å². The fraction of sp³-hybridized carbons (Fsp3) is 0.350. The average molecular weight is 404 g/mol. The molecule has 3 heterocycles. The van der Waals surface area contributed by atoms with Crippen LogP contribution in [0.25, 0.3) is 16.9 Å². The second kappa shape index (κ2) is 7.47. The molecule has 4 rings (SSSR count). The summed E-state index contributed by atoms with van der Waals surface area (Å²) in [6.45, 7) is 1.67. The molecular formula is C20H19F3N4O2. The van der Waals surface area contributed by atoms with E-state index < -0.39 is 18.2 Å². The maximum Gasteiger partial charge on any atom is 0.414 e. The molecule has 0 radical (unpaired) electrons. The zero-order chi connectivity index (χ0) is 20.6. The van der Waals surface area contributed by atoms with Gasteiger partial charge in [0.25, 0.3) is 0 Å². The van der Waals surface area contributed by atoms with Crippen molar-refractivity contribution < 1.29 is 22.7 Å². The van der Waals surface area contributed by atoms with Crippen molar-refractivity contribution in [2.24, 2.45) is 5.92 Å². The molecule has 1 amide bonds. The van der Waals surface area contributed by atoms with Crippen LogP contribution in [0.15, 0.2) is 42.7 Å². The van der Waals surface area contributed by atoms with Crippen molar-refractivity contribution in [1.29, 1.82) is 0 Å². The number of aromatic nitrogens is 3. The summed E-state index contributed by atoms with van der Waals surface area (Å²) < 4.78 is 44.7. The molecule has 1 saturated heterocycles. The molecule has 0 aliphatic carbocycles. The third kappa shape index (κ3) is 4.09. The number of fused-ring (bicyclic) bond motifs is 1. The van der Waals surface area contributed by atoms with Crippen molar-refractivity contribution in [3.63, 3.8) is 0 Å². The van der Waals surface area contributed by atoms with Gasteiger partial charge in [0.05, 0.1) is 24.2 Å². The van der Waals surface area contributed by atoms with E-state index in [-0.39, 0.29) is 25.4 Å². The van der Waals surface area contributed by atoms with Gasteiger partial charge in [-0.2, -0.15) is 13.2 Å². The van der Waals surface area contributed by atoms with Crippen LogP contribution in [0.3, 0.4) is 0 Å². The minimum atomic E-state index is -4.39. The van der Waals surface area contributed by atoms with Crippen LogP contribution in [0, 0.1) is 12.8 Å². The van der Waals surface area contributed by atoms with E-state index >= 15 is 0 Å². The highest BCUT2D eigenvalue weighted by atomic mass is 19.4. The number of alkyl halides is 3. The lowest BCUT2D eigenvalue weighted by molar-refractivity contribution is -0.234. The summed E-state index contributed by atoms with van der Waals surface area (Å²) in [5.74, 6) is -0.468. The standard InChI is InChI=1S/C20H19F3N4O2/c1-12-4-6-14(9-16(12)18-24-10-15-3-2-8-27(15)26-18)25-19(28)13-5-7-17(29-11-13)20(21,22)23/h2-4,6,8-10,13,17H,5,7,11H2,1H3,(H,25,28)/t13-,17+/m0/s1. The van der Waals surface area contributed by atoms with Gasteiger partial charge in [-0.1, -0.05) is 6.07 Å². The van der Waals surface area contributed by atoms with Gasteiger partial charge in [-0.05, 0) is 49.6 Å². The Hall–Kier alpha value is -2.94. The van der Waals surface area contributed by atoms with E-state index in [0.717, 1.165) is 16.6 Å². The molecule has 6 nitrogen and oxygen atoms in total. The number of carbonyl (C=O) groups is 1. The van der Waals surface area contributed by atoms with Gasteiger partial charge >= 0.3 is 6.18 Å². The zero-order valence-electron chi connectivity index (χ0n) is 15.6. The smallest absolute Gasteiger partial charge is 0.368 e. The topological polar surface area (TPSA) is 68.5 Å². The summed E-state index contributed by atoms with van der Waals surface area (Å²) in [6.07, 6.45) is -2.75. The van der Waals surface area contributed by atoms with E-state index in [0.29, 0.717) is 11.5 Å². The lowest BCUT2D eigenvalue weighted by Gasteiger charge is -2.29. The SMILES string of the molecule is Cc1ccc(NC(=O)[C@H]2CC[C@H](C(F)(F)F)OC2)cc1-c1ncc2cccn2n1. The average Bonchev–Trinajstić information content (AvgIpc) is 3.16. The highest BCUT2D eigenvalue weighted by Crippen LogP contribution is 2.32. The third-order valence-electron chi connectivity index (χ3n) is 5.04. The minimum absolute atomic E-state index is 0.127. The van der Waals surface area contributed by atoms with Gasteiger partial charge in [-0.15, -0.1) is 5.10 Å². The molecule has 0 unspecified atom stereocenters. The molecule has 3 aromatic rings. The fourth-order valence-electron chi connectivity index (χ4n) is 3.36. The Bertz CT molecular complexity index is 1040. The van der Waals surface area contributed by atoms with Crippen LogP contribution in [0.2, 0.25) is 0 Å². The monoisotopic (exact) mass is 404 g/mol. The lowest BCUT2D eigenvalue weighted by atomic mass is 9.97. The quantitative estimate of drug-likeness (QED) is 0.717. The molecular weight excluding hydrogens is 385 g/mol. The maximum atomic E-state index is 12.7. The molecule has 2 aromatic heterocycles. The summed E-state index contributed by atoms with van der Waals surface area (Å²) in [7, 11) is 0. The number of hydrogen-bond donors (Lipinski definition) is 1. The van der Waals surface area contributed by atoms with E-state index in [1.54, 1.807) is 22.8 Å². The molecule has 152 valence electrons. The van der Waals surface area contributed by atoms with E-state index in [1.165, 1.54) is 0 Å². The molecule has 0 spiro atoms. The Balaban J connectivity index is 1.48. The highest BCUT2D eigenvalue weighted by molar-refractivity contribution is 5.93. The number of aryl methyl sites for hydroxylation is 1. The summed E-state index contributed by atoms with van der Waals surface area (Å²) in [5, 5.41) is 7.25. The van der Waals surface area contributed by atoms with Gasteiger partial charge in [0.15, 0.2) is 11.9 Å². The first-order valence-corrected chi connectivity index (χ1v) is 9.22. The van der Waals surface area contributed by atoms with E-state index in [9.17, 15) is 18.0 Å². The second-order valence-corrected chi connectivity index (χ2v) is 7.12. The molecule has 1 N–H and O–H groups in total. The fourth-order valence-corrected chi connectivity index (χ4v) is 3.36. The van der Waals surface area contributed by atoms with Crippen LogP contribution in [-0.2, 0) is 9.53 Å². The van der Waals surface area contributed by atoms with Crippen molar-refractivity contribution >= 4 is 17.1 Å². The first kappa shape index (κ1) is 19.4. The Morgan fingerprint density at radius 1 is 1.28 bits per heavy atom. The number of nitrogens with zero attached hydrogens (tertiary/aromatic N) is 3. The molecule has 0 saturated carbocycles. The Labute approximate surface area is 164 Å². The summed E-state index contributed by atoms with van der Waals surface area (Å²) in [5.41, 5.74) is 3.09. The molecule has 1 fully saturated rings. The molecule has 9 heteroatoms. The Morgan fingerprint density at radius 3 is 2.83 bits per heavy atom. The van der Waals surface area contributed by atoms with Gasteiger partial charge in [0.1, 0.15) is 0 Å². The van der Waals surface area contributed by atoms with Crippen molar-refractivity contribution in [3.8, 4) is 11.4 Å². The van der Waals surface area contributed by atoms with Gasteiger partial charge in [0, 0.05) is 17.4 Å². The third-order valence-corrected chi connectivity index (χ3v) is 5.04. The number of amides is 1.